The molecule has 2 aromatic rings. The molecule has 0 radical (unpaired) electrons. The number of hydrogen-bond donors (Lipinski definition) is 2. The van der Waals surface area contributed by atoms with Gasteiger partial charge in [-0.05, 0) is 31.4 Å². The number of halogens is 1. The van der Waals surface area contributed by atoms with Gasteiger partial charge in [-0.25, -0.2) is 9.37 Å². The number of benzene rings is 1. The minimum absolute atomic E-state index is 0.338. The van der Waals surface area contributed by atoms with Gasteiger partial charge >= 0.3 is 5.97 Å². The van der Waals surface area contributed by atoms with E-state index in [1.54, 1.807) is 6.07 Å². The Hall–Kier alpha value is -1.95. The third-order valence-electron chi connectivity index (χ3n) is 3.47. The van der Waals surface area contributed by atoms with E-state index in [4.69, 9.17) is 5.11 Å². The van der Waals surface area contributed by atoms with Crippen molar-refractivity contribution in [3.63, 3.8) is 0 Å². The zero-order valence-electron chi connectivity index (χ0n) is 10.8. The summed E-state index contributed by atoms with van der Waals surface area (Å²) in [5.74, 6) is -1.71. The molecule has 1 aliphatic carbocycles. The lowest BCUT2D eigenvalue weighted by Crippen LogP contribution is -2.08. The summed E-state index contributed by atoms with van der Waals surface area (Å²) in [6.45, 7) is 1.81. The molecule has 0 aliphatic heterocycles. The fourth-order valence-electron chi connectivity index (χ4n) is 2.42. The van der Waals surface area contributed by atoms with Crippen molar-refractivity contribution in [2.45, 2.75) is 25.7 Å². The second-order valence-electron chi connectivity index (χ2n) is 4.81. The van der Waals surface area contributed by atoms with E-state index in [1.165, 1.54) is 17.4 Å². The Bertz CT molecular complexity index is 664. The van der Waals surface area contributed by atoms with Crippen LogP contribution in [0, 0.1) is 12.7 Å². The summed E-state index contributed by atoms with van der Waals surface area (Å²) >= 11 is 1.40. The predicted molar refractivity (Wildman–Crippen MR) is 75.2 cm³/mol. The van der Waals surface area contributed by atoms with Crippen LogP contribution in [0.25, 0.3) is 0 Å². The lowest BCUT2D eigenvalue weighted by molar-refractivity contribution is -0.138. The summed E-state index contributed by atoms with van der Waals surface area (Å²) < 4.78 is 13.8. The molecule has 1 heterocycles. The van der Waals surface area contributed by atoms with Crippen LogP contribution in [0.3, 0.4) is 0 Å². The number of thiazole rings is 1. The first-order valence-corrected chi connectivity index (χ1v) is 7.12. The molecule has 0 saturated heterocycles. The SMILES string of the molecule is Cc1cccc(F)c1Nc1nc2c(s1)CCC2C(=O)O. The molecule has 1 atom stereocenters. The first kappa shape index (κ1) is 13.1. The zero-order valence-corrected chi connectivity index (χ0v) is 11.6. The average Bonchev–Trinajstić information content (AvgIpc) is 2.92. The van der Waals surface area contributed by atoms with Crippen molar-refractivity contribution in [2.75, 3.05) is 5.32 Å². The molecule has 20 heavy (non-hydrogen) atoms. The topological polar surface area (TPSA) is 62.2 Å². The average molecular weight is 292 g/mol. The number of aromatic nitrogens is 1. The maximum atomic E-state index is 13.8. The van der Waals surface area contributed by atoms with E-state index in [2.05, 4.69) is 10.3 Å². The third kappa shape index (κ3) is 2.16. The standard InChI is InChI=1S/C14H13FN2O2S/c1-7-3-2-4-9(15)11(7)16-14-17-12-8(13(18)19)5-6-10(12)20-14/h2-4,8H,5-6H2,1H3,(H,16,17)(H,18,19). The maximum Gasteiger partial charge on any atom is 0.312 e. The van der Waals surface area contributed by atoms with Crippen LogP contribution in [0.2, 0.25) is 0 Å². The molecule has 0 saturated carbocycles. The summed E-state index contributed by atoms with van der Waals surface area (Å²) in [4.78, 5) is 16.4. The second-order valence-corrected chi connectivity index (χ2v) is 5.90. The van der Waals surface area contributed by atoms with Crippen LogP contribution in [0.1, 0.15) is 28.5 Å². The molecule has 0 spiro atoms. The molecular formula is C14H13FN2O2S. The van der Waals surface area contributed by atoms with Crippen molar-refractivity contribution in [1.82, 2.24) is 4.98 Å². The molecule has 2 N–H and O–H groups in total. The summed E-state index contributed by atoms with van der Waals surface area (Å²) in [5, 5.41) is 12.7. The van der Waals surface area contributed by atoms with Crippen molar-refractivity contribution in [1.29, 1.82) is 0 Å². The number of nitrogens with one attached hydrogen (secondary N) is 1. The molecule has 4 nitrogen and oxygen atoms in total. The van der Waals surface area contributed by atoms with Crippen LogP contribution >= 0.6 is 11.3 Å². The lowest BCUT2D eigenvalue weighted by Gasteiger charge is -2.08. The Balaban J connectivity index is 1.91. The molecule has 1 aromatic carbocycles. The Kier molecular flexibility index (Phi) is 3.17. The smallest absolute Gasteiger partial charge is 0.312 e. The predicted octanol–water partition coefficient (Wildman–Crippen LogP) is 3.45. The monoisotopic (exact) mass is 292 g/mol. The number of aryl methyl sites for hydroxylation is 2. The summed E-state index contributed by atoms with van der Waals surface area (Å²) in [6, 6.07) is 4.85. The quantitative estimate of drug-likeness (QED) is 0.909. The fourth-order valence-corrected chi connectivity index (χ4v) is 3.46. The Labute approximate surface area is 119 Å². The molecule has 104 valence electrons. The Morgan fingerprint density at radius 3 is 3.05 bits per heavy atom. The molecular weight excluding hydrogens is 279 g/mol. The van der Waals surface area contributed by atoms with E-state index in [0.717, 1.165) is 16.9 Å². The van der Waals surface area contributed by atoms with E-state index in [9.17, 15) is 9.18 Å². The van der Waals surface area contributed by atoms with Gasteiger partial charge in [0.15, 0.2) is 5.13 Å². The number of carbonyl (C=O) groups is 1. The fraction of sp³-hybridized carbons (Fsp3) is 0.286. The van der Waals surface area contributed by atoms with Crippen LogP contribution < -0.4 is 5.32 Å². The Morgan fingerprint density at radius 2 is 2.35 bits per heavy atom. The highest BCUT2D eigenvalue weighted by Crippen LogP contribution is 2.39. The number of fused-ring (bicyclic) bond motifs is 1. The minimum atomic E-state index is -0.845. The maximum absolute atomic E-state index is 13.8. The van der Waals surface area contributed by atoms with E-state index < -0.39 is 11.9 Å². The number of carboxylic acid groups (broad SMARTS) is 1. The number of nitrogens with zero attached hydrogens (tertiary/aromatic N) is 1. The van der Waals surface area contributed by atoms with Crippen molar-refractivity contribution < 1.29 is 14.3 Å². The van der Waals surface area contributed by atoms with Gasteiger partial charge in [0.05, 0.1) is 11.4 Å². The number of para-hydroxylation sites is 1. The second kappa shape index (κ2) is 4.86. The minimum Gasteiger partial charge on any atom is -0.481 e. The van der Waals surface area contributed by atoms with Crippen LogP contribution in [0.15, 0.2) is 18.2 Å². The number of carboxylic acids is 1. The van der Waals surface area contributed by atoms with Gasteiger partial charge in [0.2, 0.25) is 0 Å². The molecule has 1 aromatic heterocycles. The summed E-state index contributed by atoms with van der Waals surface area (Å²) in [5.41, 5.74) is 1.81. The number of rotatable bonds is 3. The van der Waals surface area contributed by atoms with Gasteiger partial charge in [0.25, 0.3) is 0 Å². The first-order chi connectivity index (χ1) is 9.56. The molecule has 6 heteroatoms. The van der Waals surface area contributed by atoms with E-state index in [-0.39, 0.29) is 5.82 Å². The molecule has 1 aliphatic rings. The number of aliphatic carboxylic acids is 1. The van der Waals surface area contributed by atoms with E-state index in [1.807, 2.05) is 13.0 Å². The highest BCUT2D eigenvalue weighted by molar-refractivity contribution is 7.15. The largest absolute Gasteiger partial charge is 0.481 e. The van der Waals surface area contributed by atoms with Gasteiger partial charge in [-0.2, -0.15) is 0 Å². The van der Waals surface area contributed by atoms with Crippen molar-refractivity contribution in [3.8, 4) is 0 Å². The lowest BCUT2D eigenvalue weighted by atomic mass is 10.1. The van der Waals surface area contributed by atoms with Gasteiger partial charge in [0.1, 0.15) is 11.7 Å². The van der Waals surface area contributed by atoms with Crippen molar-refractivity contribution in [2.24, 2.45) is 0 Å². The van der Waals surface area contributed by atoms with Crippen LogP contribution in [-0.4, -0.2) is 16.1 Å². The summed E-state index contributed by atoms with van der Waals surface area (Å²) in [7, 11) is 0. The molecule has 0 bridgehead atoms. The molecule has 0 amide bonds. The normalized spacial score (nSPS) is 17.0. The van der Waals surface area contributed by atoms with Crippen LogP contribution in [0.5, 0.6) is 0 Å². The van der Waals surface area contributed by atoms with Crippen molar-refractivity contribution >= 4 is 28.1 Å². The van der Waals surface area contributed by atoms with Crippen LogP contribution in [-0.2, 0) is 11.2 Å². The van der Waals surface area contributed by atoms with E-state index >= 15 is 0 Å². The Morgan fingerprint density at radius 1 is 1.55 bits per heavy atom. The highest BCUT2D eigenvalue weighted by Gasteiger charge is 2.32. The van der Waals surface area contributed by atoms with Gasteiger partial charge in [-0.3, -0.25) is 4.79 Å². The van der Waals surface area contributed by atoms with Crippen molar-refractivity contribution in [3.05, 3.63) is 40.2 Å². The third-order valence-corrected chi connectivity index (χ3v) is 4.52. The molecule has 3 rings (SSSR count). The summed E-state index contributed by atoms with van der Waals surface area (Å²) in [6.07, 6.45) is 1.32. The molecule has 0 fully saturated rings. The van der Waals surface area contributed by atoms with Gasteiger partial charge in [-0.1, -0.05) is 12.1 Å². The number of anilines is 2. The van der Waals surface area contributed by atoms with Crippen LogP contribution in [0.4, 0.5) is 15.2 Å². The number of hydrogen-bond acceptors (Lipinski definition) is 4. The first-order valence-electron chi connectivity index (χ1n) is 6.31. The van der Waals surface area contributed by atoms with Gasteiger partial charge in [-0.15, -0.1) is 11.3 Å². The van der Waals surface area contributed by atoms with Gasteiger partial charge in [0, 0.05) is 4.88 Å². The molecule has 1 unspecified atom stereocenters. The van der Waals surface area contributed by atoms with Gasteiger partial charge < -0.3 is 10.4 Å². The van der Waals surface area contributed by atoms with E-state index in [0.29, 0.717) is 22.9 Å². The zero-order chi connectivity index (χ0) is 14.3. The highest BCUT2D eigenvalue weighted by atomic mass is 32.1.